The Bertz CT molecular complexity index is 1450. The maximum Gasteiger partial charge on any atom is 0.276 e. The number of aromatic nitrogens is 3. The van der Waals surface area contributed by atoms with Gasteiger partial charge >= 0.3 is 0 Å². The van der Waals surface area contributed by atoms with Gasteiger partial charge in [-0.25, -0.2) is 4.39 Å². The van der Waals surface area contributed by atoms with E-state index in [0.717, 1.165) is 35.3 Å². The average Bonchev–Trinajstić information content (AvgIpc) is 3.60. The van der Waals surface area contributed by atoms with Crippen LogP contribution in [0, 0.1) is 5.82 Å². The molecule has 7 nitrogen and oxygen atoms in total. The lowest BCUT2D eigenvalue weighted by Gasteiger charge is -2.32. The number of halogens is 1. The van der Waals surface area contributed by atoms with E-state index in [1.54, 1.807) is 35.4 Å². The fourth-order valence-electron chi connectivity index (χ4n) is 5.57. The Morgan fingerprint density at radius 1 is 1.10 bits per heavy atom. The van der Waals surface area contributed by atoms with Crippen LogP contribution in [0.1, 0.15) is 88.8 Å². The minimum atomic E-state index is -0.313. The molecule has 4 aromatic rings. The molecule has 202 valence electrons. The number of rotatable bonds is 8. The average molecular weight is 528 g/mol. The van der Waals surface area contributed by atoms with E-state index < -0.39 is 0 Å². The molecule has 0 radical (unpaired) electrons. The van der Waals surface area contributed by atoms with E-state index in [0.29, 0.717) is 30.4 Å². The molecule has 0 aliphatic carbocycles. The van der Waals surface area contributed by atoms with Crippen molar-refractivity contribution < 1.29 is 14.0 Å². The third kappa shape index (κ3) is 5.50. The molecular formula is C31H34FN5O2. The number of hydrogen-bond donors (Lipinski definition) is 2. The second kappa shape index (κ2) is 11.3. The highest BCUT2D eigenvalue weighted by atomic mass is 19.1. The highest BCUT2D eigenvalue weighted by Crippen LogP contribution is 2.33. The quantitative estimate of drug-likeness (QED) is 0.282. The Balaban J connectivity index is 1.49. The highest BCUT2D eigenvalue weighted by molar-refractivity contribution is 6.04. The number of amides is 2. The summed E-state index contributed by atoms with van der Waals surface area (Å²) in [6.07, 6.45) is 3.77. The zero-order valence-electron chi connectivity index (χ0n) is 22.6. The monoisotopic (exact) mass is 527 g/mol. The zero-order chi connectivity index (χ0) is 27.5. The van der Waals surface area contributed by atoms with Gasteiger partial charge in [-0.15, -0.1) is 0 Å². The Labute approximate surface area is 228 Å². The number of hydrogen-bond acceptors (Lipinski definition) is 3. The molecule has 0 fully saturated rings. The number of benzene rings is 2. The van der Waals surface area contributed by atoms with E-state index in [-0.39, 0.29) is 30.1 Å². The minimum Gasteiger partial charge on any atom is -0.357 e. The first-order valence-electron chi connectivity index (χ1n) is 13.6. The van der Waals surface area contributed by atoms with Crippen molar-refractivity contribution in [1.82, 2.24) is 19.7 Å². The van der Waals surface area contributed by atoms with Crippen LogP contribution in [0.3, 0.4) is 0 Å². The van der Waals surface area contributed by atoms with Crippen LogP contribution in [0.4, 0.5) is 10.1 Å². The summed E-state index contributed by atoms with van der Waals surface area (Å²) < 4.78 is 15.4. The maximum atomic E-state index is 13.7. The minimum absolute atomic E-state index is 0.0552. The van der Waals surface area contributed by atoms with E-state index in [1.165, 1.54) is 17.7 Å². The molecule has 5 rings (SSSR count). The number of anilines is 1. The molecule has 1 aliphatic heterocycles. The molecule has 0 saturated carbocycles. The summed E-state index contributed by atoms with van der Waals surface area (Å²) in [6.45, 7) is 7.54. The van der Waals surface area contributed by atoms with E-state index in [1.807, 2.05) is 29.8 Å². The van der Waals surface area contributed by atoms with Crippen molar-refractivity contribution in [3.63, 3.8) is 0 Å². The lowest BCUT2D eigenvalue weighted by Crippen LogP contribution is -2.38. The van der Waals surface area contributed by atoms with E-state index in [9.17, 15) is 14.0 Å². The number of aromatic amines is 1. The predicted molar refractivity (Wildman–Crippen MR) is 149 cm³/mol. The fourth-order valence-corrected chi connectivity index (χ4v) is 5.57. The number of nitrogens with zero attached hydrogens (tertiary/aromatic N) is 3. The number of fused-ring (bicyclic) bond motifs is 1. The summed E-state index contributed by atoms with van der Waals surface area (Å²) in [5.74, 6) is -0.359. The van der Waals surface area contributed by atoms with E-state index in [4.69, 9.17) is 5.10 Å². The normalized spacial score (nSPS) is 14.9. The number of carbonyl (C=O) groups excluding carboxylic acids is 2. The number of H-pyrrole nitrogens is 1. The van der Waals surface area contributed by atoms with Crippen molar-refractivity contribution >= 4 is 17.5 Å². The van der Waals surface area contributed by atoms with Gasteiger partial charge in [0.25, 0.3) is 11.8 Å². The second-order valence-electron chi connectivity index (χ2n) is 10.3. The fraction of sp³-hybridized carbons (Fsp3) is 0.323. The van der Waals surface area contributed by atoms with Gasteiger partial charge in [-0.05, 0) is 66.3 Å². The summed E-state index contributed by atoms with van der Waals surface area (Å²) in [5.41, 5.74) is 5.26. The van der Waals surface area contributed by atoms with Crippen LogP contribution in [0.2, 0.25) is 0 Å². The van der Waals surface area contributed by atoms with Crippen LogP contribution >= 0.6 is 0 Å². The Hall–Kier alpha value is -4.20. The van der Waals surface area contributed by atoms with Gasteiger partial charge in [0.05, 0.1) is 13.1 Å². The van der Waals surface area contributed by atoms with Crippen LogP contribution in [-0.4, -0.2) is 38.0 Å². The van der Waals surface area contributed by atoms with Crippen molar-refractivity contribution in [2.75, 3.05) is 11.9 Å². The summed E-state index contributed by atoms with van der Waals surface area (Å²) in [7, 11) is 0. The predicted octanol–water partition coefficient (Wildman–Crippen LogP) is 6.31. The molecule has 1 unspecified atom stereocenters. The van der Waals surface area contributed by atoms with Crippen molar-refractivity contribution in [3.05, 3.63) is 106 Å². The summed E-state index contributed by atoms with van der Waals surface area (Å²) in [6, 6.07) is 17.8. The first-order valence-corrected chi connectivity index (χ1v) is 13.6. The second-order valence-corrected chi connectivity index (χ2v) is 10.3. The molecule has 39 heavy (non-hydrogen) atoms. The van der Waals surface area contributed by atoms with Crippen LogP contribution < -0.4 is 5.32 Å². The molecule has 0 bridgehead atoms. The van der Waals surface area contributed by atoms with Gasteiger partial charge in [0.2, 0.25) is 0 Å². The van der Waals surface area contributed by atoms with Crippen LogP contribution in [0.5, 0.6) is 0 Å². The lowest BCUT2D eigenvalue weighted by molar-refractivity contribution is 0.0711. The molecular weight excluding hydrogens is 493 g/mol. The van der Waals surface area contributed by atoms with E-state index in [2.05, 4.69) is 30.2 Å². The molecule has 2 amide bonds. The lowest BCUT2D eigenvalue weighted by atomic mass is 9.93. The molecule has 2 aromatic heterocycles. The van der Waals surface area contributed by atoms with Gasteiger partial charge in [0, 0.05) is 35.6 Å². The Kier molecular flexibility index (Phi) is 7.63. The maximum absolute atomic E-state index is 13.7. The van der Waals surface area contributed by atoms with Gasteiger partial charge in [-0.1, -0.05) is 45.0 Å². The molecule has 0 spiro atoms. The third-order valence-corrected chi connectivity index (χ3v) is 7.58. The van der Waals surface area contributed by atoms with Gasteiger partial charge < -0.3 is 15.2 Å². The van der Waals surface area contributed by atoms with Gasteiger partial charge in [-0.2, -0.15) is 5.10 Å². The summed E-state index contributed by atoms with van der Waals surface area (Å²) in [4.78, 5) is 31.6. The highest BCUT2D eigenvalue weighted by Gasteiger charge is 2.34. The Morgan fingerprint density at radius 2 is 1.87 bits per heavy atom. The van der Waals surface area contributed by atoms with Crippen molar-refractivity contribution in [2.24, 2.45) is 0 Å². The van der Waals surface area contributed by atoms with Gasteiger partial charge in [0.15, 0.2) is 5.69 Å². The molecule has 1 atom stereocenters. The standard InChI is InChI=1S/C31H34FN5O2/c1-4-22(5-2)23-8-6-9-25(16-23)34-30(38)28-26-19-36(31(39)27-10-7-15-33-27)17-20(3)29(26)37(35-28)18-21-11-13-24(32)14-12-21/h6-16,20,22,33H,4-5,17-19H2,1-3H3,(H,34,38). The molecule has 8 heteroatoms. The smallest absolute Gasteiger partial charge is 0.276 e. The number of nitrogens with one attached hydrogen (secondary N) is 2. The first-order chi connectivity index (χ1) is 18.9. The number of carbonyl (C=O) groups is 2. The molecule has 2 aromatic carbocycles. The van der Waals surface area contributed by atoms with Gasteiger partial charge in [0.1, 0.15) is 11.5 Å². The summed E-state index contributed by atoms with van der Waals surface area (Å²) >= 11 is 0. The topological polar surface area (TPSA) is 83.0 Å². The molecule has 3 heterocycles. The Morgan fingerprint density at radius 3 is 2.56 bits per heavy atom. The van der Waals surface area contributed by atoms with Crippen LogP contribution in [-0.2, 0) is 13.1 Å². The van der Waals surface area contributed by atoms with Crippen LogP contribution in [0.25, 0.3) is 0 Å². The summed E-state index contributed by atoms with van der Waals surface area (Å²) in [5, 5.41) is 7.82. The van der Waals surface area contributed by atoms with Gasteiger partial charge in [-0.3, -0.25) is 14.3 Å². The van der Waals surface area contributed by atoms with Crippen molar-refractivity contribution in [1.29, 1.82) is 0 Å². The van der Waals surface area contributed by atoms with Crippen molar-refractivity contribution in [3.8, 4) is 0 Å². The zero-order valence-corrected chi connectivity index (χ0v) is 22.6. The van der Waals surface area contributed by atoms with Crippen LogP contribution in [0.15, 0.2) is 66.9 Å². The molecule has 2 N–H and O–H groups in total. The third-order valence-electron chi connectivity index (χ3n) is 7.58. The molecule has 0 saturated heterocycles. The first kappa shape index (κ1) is 26.4. The largest absolute Gasteiger partial charge is 0.357 e. The molecule has 1 aliphatic rings. The van der Waals surface area contributed by atoms with E-state index >= 15 is 0 Å². The SMILES string of the molecule is CCC(CC)c1cccc(NC(=O)c2nn(Cc3ccc(F)cc3)c3c2CN(C(=O)c2ccc[nH]2)CC3C)c1. The van der Waals surface area contributed by atoms with Crippen molar-refractivity contribution in [2.45, 2.75) is 58.5 Å².